The molecule has 0 saturated heterocycles. The second-order valence-electron chi connectivity index (χ2n) is 10.9. The number of aromatic nitrogens is 2. The number of rotatable bonds is 18. The summed E-state index contributed by atoms with van der Waals surface area (Å²) in [6.45, 7) is 4.08. The normalized spacial score (nSPS) is 11.1. The highest BCUT2D eigenvalue weighted by molar-refractivity contribution is 7.22. The molecule has 3 N–H and O–H groups in total. The van der Waals surface area contributed by atoms with Crippen molar-refractivity contribution in [2.75, 3.05) is 51.5 Å². The Hall–Kier alpha value is -4.59. The van der Waals surface area contributed by atoms with Gasteiger partial charge >= 0.3 is 0 Å². The number of hydrogen-bond acceptors (Lipinski definition) is 10. The lowest BCUT2D eigenvalue weighted by atomic mass is 10.1. The third kappa shape index (κ3) is 9.72. The molecule has 48 heavy (non-hydrogen) atoms. The minimum absolute atomic E-state index is 0.0221. The molecule has 0 atom stereocenters. The molecule has 0 fully saturated rings. The first-order valence-corrected chi connectivity index (χ1v) is 16.4. The molecule has 12 heteroatoms. The third-order valence-corrected chi connectivity index (χ3v) is 8.48. The number of Topliss-reactive ketones (excluding diaryl/α,β-unsaturated/α-hetero) is 1. The van der Waals surface area contributed by atoms with Gasteiger partial charge in [0.05, 0.1) is 53.6 Å². The molecule has 0 aliphatic carbocycles. The van der Waals surface area contributed by atoms with Crippen LogP contribution in [0.25, 0.3) is 20.8 Å². The molecule has 10 nitrogen and oxygen atoms in total. The highest BCUT2D eigenvalue weighted by Gasteiger charge is 2.18. The number of carbonyl (C=O) groups excluding carboxylic acids is 2. The summed E-state index contributed by atoms with van der Waals surface area (Å²) in [5.74, 6) is -0.758. The van der Waals surface area contributed by atoms with Crippen LogP contribution in [-0.4, -0.2) is 68.2 Å². The predicted molar refractivity (Wildman–Crippen MR) is 185 cm³/mol. The van der Waals surface area contributed by atoms with Crippen LogP contribution in [0.5, 0.6) is 11.5 Å². The van der Waals surface area contributed by atoms with Crippen molar-refractivity contribution < 1.29 is 28.2 Å². The summed E-state index contributed by atoms with van der Waals surface area (Å²) in [4.78, 5) is 36.6. The van der Waals surface area contributed by atoms with E-state index in [4.69, 9.17) is 19.9 Å². The number of para-hydroxylation sites is 1. The fraction of sp³-hybridized carbons (Fsp3) is 0.278. The maximum Gasteiger partial charge on any atom is 0.234 e. The predicted octanol–water partition coefficient (Wildman–Crippen LogP) is 5.54. The van der Waals surface area contributed by atoms with Crippen molar-refractivity contribution >= 4 is 38.9 Å². The summed E-state index contributed by atoms with van der Waals surface area (Å²) >= 11 is 1.46. The van der Waals surface area contributed by atoms with Crippen LogP contribution in [0.1, 0.15) is 17.5 Å². The van der Waals surface area contributed by atoms with Crippen LogP contribution in [0.3, 0.4) is 0 Å². The van der Waals surface area contributed by atoms with Gasteiger partial charge in [-0.15, -0.1) is 11.3 Å². The molecule has 3 heterocycles. The number of ether oxygens (including phenoxy) is 3. The van der Waals surface area contributed by atoms with Crippen molar-refractivity contribution in [3.8, 4) is 22.1 Å². The molecule has 0 aliphatic rings. The van der Waals surface area contributed by atoms with Crippen molar-refractivity contribution in [3.05, 3.63) is 102 Å². The van der Waals surface area contributed by atoms with Gasteiger partial charge in [-0.05, 0) is 47.5 Å². The minimum atomic E-state index is -0.608. The molecule has 0 radical (unpaired) electrons. The number of nitrogens with two attached hydrogens (primary N) is 1. The summed E-state index contributed by atoms with van der Waals surface area (Å²) in [5.41, 5.74) is 9.09. The molecular formula is C36H38FN5O5S. The summed E-state index contributed by atoms with van der Waals surface area (Å²) in [6.07, 6.45) is 3.10. The standard InChI is InChI=1S/C36H38FN5O5S/c1-42(27-5-3-2-4-6-27)35(44)21-28(43)19-25-8-10-32(29(37)20-25)47-33-11-13-40-31-22-34(48-36(31)33)30-9-7-26(24-41-30)23-39-14-16-46-18-17-45-15-12-38/h2-11,13,20,22,24,39H,12,14-19,21,23,38H2,1H3. The Labute approximate surface area is 282 Å². The van der Waals surface area contributed by atoms with Crippen LogP contribution in [0.15, 0.2) is 85.2 Å². The van der Waals surface area contributed by atoms with Gasteiger partial charge in [-0.1, -0.05) is 30.3 Å². The average molecular weight is 672 g/mol. The lowest BCUT2D eigenvalue weighted by molar-refractivity contribution is -0.126. The van der Waals surface area contributed by atoms with E-state index in [1.54, 1.807) is 37.5 Å². The van der Waals surface area contributed by atoms with E-state index in [1.165, 1.54) is 28.4 Å². The minimum Gasteiger partial charge on any atom is -0.453 e. The molecular weight excluding hydrogens is 633 g/mol. The van der Waals surface area contributed by atoms with E-state index in [0.717, 1.165) is 20.8 Å². The largest absolute Gasteiger partial charge is 0.453 e. The van der Waals surface area contributed by atoms with Crippen LogP contribution in [0, 0.1) is 5.82 Å². The van der Waals surface area contributed by atoms with Crippen LogP contribution < -0.4 is 20.7 Å². The molecule has 5 aromatic rings. The van der Waals surface area contributed by atoms with E-state index >= 15 is 4.39 Å². The number of nitrogens with one attached hydrogen (secondary N) is 1. The van der Waals surface area contributed by atoms with E-state index in [0.29, 0.717) is 68.6 Å². The Balaban J connectivity index is 1.15. The molecule has 0 unspecified atom stereocenters. The fourth-order valence-electron chi connectivity index (χ4n) is 4.81. The van der Waals surface area contributed by atoms with Crippen LogP contribution in [0.4, 0.5) is 10.1 Å². The lowest BCUT2D eigenvalue weighted by Crippen LogP contribution is -2.28. The van der Waals surface area contributed by atoms with E-state index in [9.17, 15) is 9.59 Å². The van der Waals surface area contributed by atoms with Gasteiger partial charge in [0, 0.05) is 57.3 Å². The first-order chi connectivity index (χ1) is 23.4. The average Bonchev–Trinajstić information content (AvgIpc) is 3.54. The SMILES string of the molecule is CN(C(=O)CC(=O)Cc1ccc(Oc2ccnc3cc(-c4ccc(CNCCOCCOCCN)cn4)sc23)c(F)c1)c1ccccc1. The van der Waals surface area contributed by atoms with Crippen molar-refractivity contribution in [3.63, 3.8) is 0 Å². The van der Waals surface area contributed by atoms with Crippen LogP contribution in [0.2, 0.25) is 0 Å². The number of ketones is 1. The van der Waals surface area contributed by atoms with E-state index < -0.39 is 5.82 Å². The van der Waals surface area contributed by atoms with E-state index in [2.05, 4.69) is 15.3 Å². The Morgan fingerprint density at radius 2 is 1.71 bits per heavy atom. The van der Waals surface area contributed by atoms with Gasteiger partial charge in [0.15, 0.2) is 11.6 Å². The van der Waals surface area contributed by atoms with Gasteiger partial charge in [-0.25, -0.2) is 4.39 Å². The number of halogens is 1. The zero-order valence-corrected chi connectivity index (χ0v) is 27.5. The quantitative estimate of drug-likeness (QED) is 0.0912. The molecule has 0 saturated carbocycles. The number of benzene rings is 2. The molecule has 250 valence electrons. The zero-order valence-electron chi connectivity index (χ0n) is 26.7. The van der Waals surface area contributed by atoms with Gasteiger partial charge in [0.1, 0.15) is 11.5 Å². The molecule has 2 aromatic carbocycles. The summed E-state index contributed by atoms with van der Waals surface area (Å²) < 4.78 is 32.7. The molecule has 0 bridgehead atoms. The van der Waals surface area contributed by atoms with Gasteiger partial charge in [-0.2, -0.15) is 0 Å². The molecule has 0 spiro atoms. The first kappa shape index (κ1) is 34.7. The van der Waals surface area contributed by atoms with E-state index in [-0.39, 0.29) is 30.3 Å². The van der Waals surface area contributed by atoms with Gasteiger partial charge < -0.3 is 30.2 Å². The maximum absolute atomic E-state index is 15.2. The highest BCUT2D eigenvalue weighted by atomic mass is 32.1. The number of nitrogens with zero attached hydrogens (tertiary/aromatic N) is 3. The molecule has 5 rings (SSSR count). The summed E-state index contributed by atoms with van der Waals surface area (Å²) in [6, 6.07) is 21.1. The van der Waals surface area contributed by atoms with Crippen molar-refractivity contribution in [2.45, 2.75) is 19.4 Å². The van der Waals surface area contributed by atoms with E-state index in [1.807, 2.05) is 42.6 Å². The van der Waals surface area contributed by atoms with Crippen LogP contribution in [-0.2, 0) is 32.0 Å². The number of hydrogen-bond donors (Lipinski definition) is 2. The van der Waals surface area contributed by atoms with Crippen molar-refractivity contribution in [1.82, 2.24) is 15.3 Å². The molecule has 1 amide bonds. The van der Waals surface area contributed by atoms with Crippen molar-refractivity contribution in [1.29, 1.82) is 0 Å². The van der Waals surface area contributed by atoms with Crippen LogP contribution >= 0.6 is 11.3 Å². The number of anilines is 1. The van der Waals surface area contributed by atoms with Gasteiger partial charge in [0.25, 0.3) is 0 Å². The Morgan fingerprint density at radius 1 is 0.917 bits per heavy atom. The second-order valence-corrected chi connectivity index (χ2v) is 12.0. The lowest BCUT2D eigenvalue weighted by Gasteiger charge is -2.16. The zero-order chi connectivity index (χ0) is 33.7. The number of pyridine rings is 2. The second kappa shape index (κ2) is 17.5. The number of amides is 1. The number of thiophene rings is 1. The summed E-state index contributed by atoms with van der Waals surface area (Å²) in [5, 5.41) is 3.34. The third-order valence-electron chi connectivity index (χ3n) is 7.32. The van der Waals surface area contributed by atoms with Gasteiger partial charge in [-0.3, -0.25) is 19.6 Å². The number of carbonyl (C=O) groups is 2. The van der Waals surface area contributed by atoms with Crippen molar-refractivity contribution in [2.24, 2.45) is 5.73 Å². The Bertz CT molecular complexity index is 1800. The molecule has 3 aromatic heterocycles. The monoisotopic (exact) mass is 671 g/mol. The smallest absolute Gasteiger partial charge is 0.234 e. The Morgan fingerprint density at radius 3 is 2.46 bits per heavy atom. The molecule has 0 aliphatic heterocycles. The summed E-state index contributed by atoms with van der Waals surface area (Å²) in [7, 11) is 1.62. The Kier molecular flexibility index (Phi) is 12.7. The number of fused-ring (bicyclic) bond motifs is 1. The van der Waals surface area contributed by atoms with Gasteiger partial charge in [0.2, 0.25) is 5.91 Å². The first-order valence-electron chi connectivity index (χ1n) is 15.6. The fourth-order valence-corrected chi connectivity index (χ4v) is 5.85. The highest BCUT2D eigenvalue weighted by Crippen LogP contribution is 2.39. The maximum atomic E-state index is 15.2. The topological polar surface area (TPSA) is 129 Å².